The summed E-state index contributed by atoms with van der Waals surface area (Å²) in [5.74, 6) is 1.28. The Morgan fingerprint density at radius 3 is 2.81 bits per heavy atom. The van der Waals surface area contributed by atoms with Gasteiger partial charge in [0.05, 0.1) is 0 Å². The van der Waals surface area contributed by atoms with Gasteiger partial charge in [0.1, 0.15) is 4.21 Å². The molecule has 0 bridgehead atoms. The van der Waals surface area contributed by atoms with E-state index in [1.807, 2.05) is 12.4 Å². The van der Waals surface area contributed by atoms with Gasteiger partial charge in [-0.2, -0.15) is 4.31 Å². The van der Waals surface area contributed by atoms with Gasteiger partial charge in [0.25, 0.3) is 10.0 Å². The Morgan fingerprint density at radius 1 is 1.38 bits per heavy atom. The summed E-state index contributed by atoms with van der Waals surface area (Å²) in [7, 11) is -1.44. The van der Waals surface area contributed by atoms with E-state index in [9.17, 15) is 8.42 Å². The van der Waals surface area contributed by atoms with Crippen molar-refractivity contribution in [2.24, 2.45) is 11.8 Å². The highest BCUT2D eigenvalue weighted by molar-refractivity contribution is 7.91. The van der Waals surface area contributed by atoms with Gasteiger partial charge in [-0.25, -0.2) is 8.42 Å². The zero-order valence-corrected chi connectivity index (χ0v) is 14.8. The van der Waals surface area contributed by atoms with Crippen LogP contribution in [0.3, 0.4) is 0 Å². The summed E-state index contributed by atoms with van der Waals surface area (Å²) in [5, 5.41) is 4.98. The number of nitrogens with one attached hydrogen (secondary N) is 1. The van der Waals surface area contributed by atoms with E-state index in [1.54, 1.807) is 10.4 Å². The van der Waals surface area contributed by atoms with Crippen molar-refractivity contribution < 1.29 is 8.42 Å². The fourth-order valence-corrected chi connectivity index (χ4v) is 5.77. The third kappa shape index (κ3) is 4.06. The van der Waals surface area contributed by atoms with E-state index in [1.165, 1.54) is 11.3 Å². The van der Waals surface area contributed by atoms with Crippen LogP contribution in [0.4, 0.5) is 0 Å². The maximum atomic E-state index is 12.8. The Morgan fingerprint density at radius 2 is 2.14 bits per heavy atom. The highest BCUT2D eigenvalue weighted by Crippen LogP contribution is 2.29. The summed E-state index contributed by atoms with van der Waals surface area (Å²) in [6.07, 6.45) is 3.08. The van der Waals surface area contributed by atoms with E-state index in [0.717, 1.165) is 24.8 Å². The highest BCUT2D eigenvalue weighted by atomic mass is 32.2. The van der Waals surface area contributed by atoms with Crippen LogP contribution in [-0.4, -0.2) is 32.9 Å². The summed E-state index contributed by atoms with van der Waals surface area (Å²) >= 11 is 1.33. The third-order valence-electron chi connectivity index (χ3n) is 4.28. The molecule has 2 heterocycles. The normalized spacial score (nSPS) is 21.6. The zero-order valence-electron chi connectivity index (χ0n) is 13.1. The molecule has 0 saturated carbocycles. The third-order valence-corrected chi connectivity index (χ3v) is 7.64. The summed E-state index contributed by atoms with van der Waals surface area (Å²) in [6, 6.07) is 1.81. The Kier molecular flexibility index (Phi) is 5.82. The first-order valence-electron chi connectivity index (χ1n) is 7.67. The monoisotopic (exact) mass is 330 g/mol. The van der Waals surface area contributed by atoms with Crippen LogP contribution in [0.5, 0.6) is 0 Å². The second kappa shape index (κ2) is 7.22. The molecule has 1 atom stereocenters. The van der Waals surface area contributed by atoms with Crippen molar-refractivity contribution in [2.75, 3.05) is 20.1 Å². The average molecular weight is 331 g/mol. The lowest BCUT2D eigenvalue weighted by Gasteiger charge is -2.20. The van der Waals surface area contributed by atoms with Crippen LogP contribution in [0.2, 0.25) is 0 Å². The van der Waals surface area contributed by atoms with Crippen molar-refractivity contribution in [3.63, 3.8) is 0 Å². The SMILES string of the molecule is CNCc1csc(S(=O)(=O)N2CCCC(C(C)C)CC2)c1. The Bertz CT molecular complexity index is 552. The lowest BCUT2D eigenvalue weighted by atomic mass is 9.89. The number of thiophene rings is 1. The molecule has 1 aromatic heterocycles. The maximum Gasteiger partial charge on any atom is 0.252 e. The van der Waals surface area contributed by atoms with Crippen molar-refractivity contribution >= 4 is 21.4 Å². The second-order valence-electron chi connectivity index (χ2n) is 6.14. The van der Waals surface area contributed by atoms with Gasteiger partial charge in [0.15, 0.2) is 0 Å². The van der Waals surface area contributed by atoms with Crippen LogP contribution in [0.1, 0.15) is 38.7 Å². The zero-order chi connectivity index (χ0) is 15.5. The fourth-order valence-electron chi connectivity index (χ4n) is 2.92. The number of hydrogen-bond donors (Lipinski definition) is 1. The van der Waals surface area contributed by atoms with E-state index in [0.29, 0.717) is 35.7 Å². The number of sulfonamides is 1. The minimum absolute atomic E-state index is 0.482. The Hall–Kier alpha value is -0.430. The first-order chi connectivity index (χ1) is 9.95. The number of hydrogen-bond acceptors (Lipinski definition) is 4. The van der Waals surface area contributed by atoms with Crippen LogP contribution in [0.15, 0.2) is 15.7 Å². The molecular weight excluding hydrogens is 304 g/mol. The molecule has 0 radical (unpaired) electrons. The molecule has 0 aliphatic carbocycles. The minimum atomic E-state index is -3.31. The molecule has 21 heavy (non-hydrogen) atoms. The standard InChI is InChI=1S/C15H26N2O2S2/c1-12(2)14-5-4-7-17(8-6-14)21(18,19)15-9-13(10-16-3)11-20-15/h9,11-12,14,16H,4-8,10H2,1-3H3. The van der Waals surface area contributed by atoms with Gasteiger partial charge < -0.3 is 5.32 Å². The highest BCUT2D eigenvalue weighted by Gasteiger charge is 2.29. The largest absolute Gasteiger partial charge is 0.316 e. The van der Waals surface area contributed by atoms with E-state index < -0.39 is 10.0 Å². The van der Waals surface area contributed by atoms with Gasteiger partial charge in [-0.1, -0.05) is 13.8 Å². The summed E-state index contributed by atoms with van der Waals surface area (Å²) < 4.78 is 27.7. The van der Waals surface area contributed by atoms with E-state index >= 15 is 0 Å². The summed E-state index contributed by atoms with van der Waals surface area (Å²) in [5.41, 5.74) is 1.04. The molecule has 0 amide bonds. The van der Waals surface area contributed by atoms with Crippen LogP contribution in [0.25, 0.3) is 0 Å². The molecular formula is C15H26N2O2S2. The van der Waals surface area contributed by atoms with Crippen molar-refractivity contribution in [3.8, 4) is 0 Å². The lowest BCUT2D eigenvalue weighted by Crippen LogP contribution is -2.31. The minimum Gasteiger partial charge on any atom is -0.316 e. The molecule has 4 nitrogen and oxygen atoms in total. The fraction of sp³-hybridized carbons (Fsp3) is 0.733. The molecule has 0 aromatic carbocycles. The second-order valence-corrected chi connectivity index (χ2v) is 9.22. The van der Waals surface area contributed by atoms with Gasteiger partial charge >= 0.3 is 0 Å². The van der Waals surface area contributed by atoms with Crippen LogP contribution in [0, 0.1) is 11.8 Å². The predicted molar refractivity (Wildman–Crippen MR) is 88.0 cm³/mol. The lowest BCUT2D eigenvalue weighted by molar-refractivity contribution is 0.341. The van der Waals surface area contributed by atoms with Crippen molar-refractivity contribution in [3.05, 3.63) is 17.0 Å². The summed E-state index contributed by atoms with van der Waals surface area (Å²) in [4.78, 5) is 0. The predicted octanol–water partition coefficient (Wildman–Crippen LogP) is 2.91. The molecule has 2 rings (SSSR count). The summed E-state index contributed by atoms with van der Waals surface area (Å²) in [6.45, 7) is 6.49. The molecule has 1 aliphatic rings. The van der Waals surface area contributed by atoms with Crippen molar-refractivity contribution in [1.29, 1.82) is 0 Å². The van der Waals surface area contributed by atoms with Gasteiger partial charge in [-0.05, 0) is 55.2 Å². The molecule has 120 valence electrons. The van der Waals surface area contributed by atoms with Gasteiger partial charge in [-0.3, -0.25) is 0 Å². The molecule has 1 N–H and O–H groups in total. The first kappa shape index (κ1) is 16.9. The molecule has 1 unspecified atom stereocenters. The van der Waals surface area contributed by atoms with Crippen LogP contribution < -0.4 is 5.32 Å². The number of rotatable bonds is 5. The van der Waals surface area contributed by atoms with Crippen molar-refractivity contribution in [1.82, 2.24) is 9.62 Å². The van der Waals surface area contributed by atoms with E-state index in [4.69, 9.17) is 0 Å². The molecule has 1 aliphatic heterocycles. The van der Waals surface area contributed by atoms with E-state index in [2.05, 4.69) is 19.2 Å². The van der Waals surface area contributed by atoms with Gasteiger partial charge in [-0.15, -0.1) is 11.3 Å². The molecule has 6 heteroatoms. The van der Waals surface area contributed by atoms with Crippen LogP contribution >= 0.6 is 11.3 Å². The van der Waals surface area contributed by atoms with Crippen molar-refractivity contribution in [2.45, 2.75) is 43.9 Å². The molecule has 0 spiro atoms. The van der Waals surface area contributed by atoms with Gasteiger partial charge in [0, 0.05) is 19.6 Å². The smallest absolute Gasteiger partial charge is 0.252 e. The maximum absolute atomic E-state index is 12.8. The van der Waals surface area contributed by atoms with E-state index in [-0.39, 0.29) is 0 Å². The molecule has 1 aromatic rings. The average Bonchev–Trinajstić information content (AvgIpc) is 2.75. The Balaban J connectivity index is 2.11. The quantitative estimate of drug-likeness (QED) is 0.903. The number of nitrogens with zero attached hydrogens (tertiary/aromatic N) is 1. The molecule has 1 saturated heterocycles. The van der Waals surface area contributed by atoms with Gasteiger partial charge in [0.2, 0.25) is 0 Å². The Labute approximate surface area is 132 Å². The molecule has 1 fully saturated rings. The first-order valence-corrected chi connectivity index (χ1v) is 9.99. The topological polar surface area (TPSA) is 49.4 Å². The van der Waals surface area contributed by atoms with Crippen LogP contribution in [-0.2, 0) is 16.6 Å².